The number of nitrogens with zero attached hydrogens (tertiary/aromatic N) is 2. The maximum absolute atomic E-state index is 13.7. The van der Waals surface area contributed by atoms with Crippen LogP contribution in [0.5, 0.6) is 5.88 Å². The van der Waals surface area contributed by atoms with Gasteiger partial charge in [-0.3, -0.25) is 0 Å². The second kappa shape index (κ2) is 4.41. The van der Waals surface area contributed by atoms with Gasteiger partial charge in [0.1, 0.15) is 5.82 Å². The summed E-state index contributed by atoms with van der Waals surface area (Å²) in [4.78, 5) is 0.603. The molecule has 0 aliphatic heterocycles. The first-order chi connectivity index (χ1) is 8.04. The largest absolute Gasteiger partial charge is 0.493 e. The van der Waals surface area contributed by atoms with E-state index in [-0.39, 0.29) is 11.7 Å². The highest BCUT2D eigenvalue weighted by molar-refractivity contribution is 7.98. The fraction of sp³-hybridized carbons (Fsp3) is 0.250. The Labute approximate surface area is 103 Å². The van der Waals surface area contributed by atoms with Crippen molar-refractivity contribution in [1.82, 2.24) is 9.78 Å². The van der Waals surface area contributed by atoms with E-state index in [1.807, 2.05) is 12.3 Å². The Bertz CT molecular complexity index is 566. The molecule has 3 nitrogen and oxygen atoms in total. The highest BCUT2D eigenvalue weighted by atomic mass is 32.2. The molecule has 0 spiro atoms. The first-order valence-electron chi connectivity index (χ1n) is 5.11. The van der Waals surface area contributed by atoms with Crippen LogP contribution in [0.2, 0.25) is 0 Å². The molecular weight excluding hydrogens is 239 g/mol. The Morgan fingerprint density at radius 3 is 2.59 bits per heavy atom. The van der Waals surface area contributed by atoms with Gasteiger partial charge in [0.05, 0.1) is 5.69 Å². The molecule has 1 aromatic carbocycles. The smallest absolute Gasteiger partial charge is 0.212 e. The van der Waals surface area contributed by atoms with E-state index >= 15 is 0 Å². The molecule has 2 rings (SSSR count). The van der Waals surface area contributed by atoms with E-state index in [9.17, 15) is 9.50 Å². The minimum absolute atomic E-state index is 0.106. The molecule has 1 aromatic heterocycles. The summed E-state index contributed by atoms with van der Waals surface area (Å²) in [6.45, 7) is 1.76. The van der Waals surface area contributed by atoms with Gasteiger partial charge < -0.3 is 5.11 Å². The number of aromatic nitrogens is 2. The Hall–Kier alpha value is -1.49. The summed E-state index contributed by atoms with van der Waals surface area (Å²) in [5.41, 5.74) is 1.94. The van der Waals surface area contributed by atoms with Crippen LogP contribution >= 0.6 is 11.8 Å². The quantitative estimate of drug-likeness (QED) is 0.835. The molecule has 0 unspecified atom stereocenters. The lowest BCUT2D eigenvalue weighted by Gasteiger charge is -2.02. The van der Waals surface area contributed by atoms with E-state index in [0.717, 1.165) is 0 Å². The van der Waals surface area contributed by atoms with Crippen molar-refractivity contribution in [2.45, 2.75) is 11.8 Å². The topological polar surface area (TPSA) is 38.0 Å². The highest BCUT2D eigenvalue weighted by Gasteiger charge is 2.14. The first kappa shape index (κ1) is 12.0. The fourth-order valence-electron chi connectivity index (χ4n) is 1.71. The van der Waals surface area contributed by atoms with Crippen LogP contribution in [0.4, 0.5) is 4.39 Å². The van der Waals surface area contributed by atoms with E-state index in [0.29, 0.717) is 21.7 Å². The minimum Gasteiger partial charge on any atom is -0.493 e. The van der Waals surface area contributed by atoms with Crippen molar-refractivity contribution in [1.29, 1.82) is 0 Å². The Morgan fingerprint density at radius 1 is 1.41 bits per heavy atom. The van der Waals surface area contributed by atoms with Crippen LogP contribution in [0, 0.1) is 12.7 Å². The molecule has 1 N–H and O–H groups in total. The van der Waals surface area contributed by atoms with Crippen LogP contribution in [0.15, 0.2) is 23.1 Å². The molecule has 2 aromatic rings. The molecule has 0 fully saturated rings. The second-order valence-electron chi connectivity index (χ2n) is 3.77. The van der Waals surface area contributed by atoms with Crippen molar-refractivity contribution in [3.05, 3.63) is 29.6 Å². The molecule has 90 valence electrons. The number of aromatic hydroxyl groups is 1. The third-order valence-electron chi connectivity index (χ3n) is 2.67. The predicted molar refractivity (Wildman–Crippen MR) is 66.8 cm³/mol. The maximum Gasteiger partial charge on any atom is 0.212 e. The average Bonchev–Trinajstić information content (AvgIpc) is 2.57. The van der Waals surface area contributed by atoms with Crippen LogP contribution in [-0.2, 0) is 7.05 Å². The summed E-state index contributed by atoms with van der Waals surface area (Å²) in [7, 11) is 1.65. The molecule has 0 radical (unpaired) electrons. The number of halogens is 1. The lowest BCUT2D eigenvalue weighted by molar-refractivity contribution is 0.416. The SMILES string of the molecule is CSc1ccc(-c2nn(C)c(O)c2C)cc1F. The summed E-state index contributed by atoms with van der Waals surface area (Å²) >= 11 is 1.36. The number of benzene rings is 1. The van der Waals surface area contributed by atoms with Gasteiger partial charge >= 0.3 is 0 Å². The van der Waals surface area contributed by atoms with Crippen molar-refractivity contribution in [3.63, 3.8) is 0 Å². The molecular formula is C12H13FN2OS. The zero-order chi connectivity index (χ0) is 12.6. The molecule has 0 aliphatic carbocycles. The number of rotatable bonds is 2. The average molecular weight is 252 g/mol. The van der Waals surface area contributed by atoms with Crippen LogP contribution < -0.4 is 0 Å². The van der Waals surface area contributed by atoms with Crippen molar-refractivity contribution < 1.29 is 9.50 Å². The summed E-state index contributed by atoms with van der Waals surface area (Å²) < 4.78 is 15.0. The van der Waals surface area contributed by atoms with E-state index in [1.54, 1.807) is 20.0 Å². The van der Waals surface area contributed by atoms with Gasteiger partial charge in [-0.15, -0.1) is 11.8 Å². The predicted octanol–water partition coefficient (Wildman–Crippen LogP) is 2.96. The first-order valence-corrected chi connectivity index (χ1v) is 6.33. The van der Waals surface area contributed by atoms with Gasteiger partial charge in [-0.05, 0) is 25.3 Å². The monoisotopic (exact) mass is 252 g/mol. The Kier molecular flexibility index (Phi) is 3.11. The molecule has 5 heteroatoms. The third-order valence-corrected chi connectivity index (χ3v) is 3.44. The fourth-order valence-corrected chi connectivity index (χ4v) is 2.17. The molecule has 0 bridgehead atoms. The summed E-state index contributed by atoms with van der Waals surface area (Å²) in [6.07, 6.45) is 1.83. The minimum atomic E-state index is -0.264. The van der Waals surface area contributed by atoms with Crippen LogP contribution in [0.25, 0.3) is 11.3 Å². The van der Waals surface area contributed by atoms with Crippen LogP contribution in [-0.4, -0.2) is 21.1 Å². The van der Waals surface area contributed by atoms with Gasteiger partial charge in [0, 0.05) is 23.1 Å². The molecule has 17 heavy (non-hydrogen) atoms. The van der Waals surface area contributed by atoms with E-state index < -0.39 is 0 Å². The number of hydrogen-bond acceptors (Lipinski definition) is 3. The number of thioether (sulfide) groups is 1. The molecule has 0 amide bonds. The normalized spacial score (nSPS) is 10.8. The lowest BCUT2D eigenvalue weighted by atomic mass is 10.1. The van der Waals surface area contributed by atoms with Gasteiger partial charge in [-0.25, -0.2) is 9.07 Å². The van der Waals surface area contributed by atoms with E-state index in [4.69, 9.17) is 0 Å². The van der Waals surface area contributed by atoms with E-state index in [1.165, 1.54) is 22.5 Å². The number of hydrogen-bond donors (Lipinski definition) is 1. The molecule has 0 saturated carbocycles. The zero-order valence-electron chi connectivity index (χ0n) is 9.86. The highest BCUT2D eigenvalue weighted by Crippen LogP contribution is 2.30. The van der Waals surface area contributed by atoms with Crippen molar-refractivity contribution in [2.24, 2.45) is 7.05 Å². The van der Waals surface area contributed by atoms with Gasteiger partial charge in [-0.1, -0.05) is 6.07 Å². The van der Waals surface area contributed by atoms with Crippen molar-refractivity contribution in [3.8, 4) is 17.1 Å². The molecule has 0 saturated heterocycles. The summed E-state index contributed by atoms with van der Waals surface area (Å²) in [5.74, 6) is -0.158. The third kappa shape index (κ3) is 2.02. The van der Waals surface area contributed by atoms with Gasteiger partial charge in [0.15, 0.2) is 0 Å². The molecule has 0 aliphatic rings. The van der Waals surface area contributed by atoms with E-state index in [2.05, 4.69) is 5.10 Å². The molecule has 1 heterocycles. The van der Waals surface area contributed by atoms with Crippen molar-refractivity contribution >= 4 is 11.8 Å². The Balaban J connectivity index is 2.53. The Morgan fingerprint density at radius 2 is 2.12 bits per heavy atom. The zero-order valence-corrected chi connectivity index (χ0v) is 10.7. The molecule has 0 atom stereocenters. The van der Waals surface area contributed by atoms with Crippen LogP contribution in [0.3, 0.4) is 0 Å². The number of aryl methyl sites for hydroxylation is 1. The summed E-state index contributed by atoms with van der Waals surface area (Å²) in [6, 6.07) is 4.98. The lowest BCUT2D eigenvalue weighted by Crippen LogP contribution is -1.90. The van der Waals surface area contributed by atoms with Gasteiger partial charge in [0.2, 0.25) is 5.88 Å². The van der Waals surface area contributed by atoms with Crippen LogP contribution in [0.1, 0.15) is 5.56 Å². The standard InChI is InChI=1S/C12H13FN2OS/c1-7-11(14-15(2)12(7)16)8-4-5-10(17-3)9(13)6-8/h4-6,16H,1-3H3. The van der Waals surface area contributed by atoms with Gasteiger partial charge in [0.25, 0.3) is 0 Å². The summed E-state index contributed by atoms with van der Waals surface area (Å²) in [5, 5.41) is 13.8. The van der Waals surface area contributed by atoms with Gasteiger partial charge in [-0.2, -0.15) is 5.10 Å². The maximum atomic E-state index is 13.7. The second-order valence-corrected chi connectivity index (χ2v) is 4.62. The van der Waals surface area contributed by atoms with Crippen molar-refractivity contribution in [2.75, 3.05) is 6.26 Å².